The molecule has 350 valence electrons. The number of hydrogen-bond donors (Lipinski definition) is 12. The molecule has 18 nitrogen and oxygen atoms in total. The van der Waals surface area contributed by atoms with Gasteiger partial charge in [-0.3, -0.25) is 28.8 Å². The average Bonchev–Trinajstić information content (AvgIpc) is 3.27. The molecule has 3 aromatic carbocycles. The van der Waals surface area contributed by atoms with Crippen LogP contribution in [0.25, 0.3) is 0 Å². The van der Waals surface area contributed by atoms with E-state index in [-0.39, 0.29) is 80.3 Å². The van der Waals surface area contributed by atoms with Crippen LogP contribution in [0.5, 0.6) is 0 Å². The van der Waals surface area contributed by atoms with Crippen LogP contribution in [0.15, 0.2) is 72.8 Å². The van der Waals surface area contributed by atoms with E-state index >= 15 is 0 Å². The lowest BCUT2D eigenvalue weighted by Crippen LogP contribution is -2.44. The Balaban J connectivity index is 1.93. The van der Waals surface area contributed by atoms with Crippen LogP contribution < -0.4 is 66.3 Å². The standard InChI is InChI=1S/C46H70N12O6/c47-25-4-1-7-37(56-40(59)22-28-50)44(62)53-34-16-10-31(11-17-34)43(32-12-18-35(19-13-32)54-45(63)38(8-2-5-26-48)57-41(60)23-29-51)33-14-20-36(21-15-33)55-46(64)39(9-3-6-27-49)58-42(61)24-30-52/h10-21,37-39,43H,1-9,22-30,47-52H2,(H,53,62)(H,54,63)(H,55,64)(H,56,59)(H,57,60)(H,58,61)/t37-,38-,39-/m1/s1. The molecule has 0 aliphatic carbocycles. The van der Waals surface area contributed by atoms with Gasteiger partial charge >= 0.3 is 0 Å². The summed E-state index contributed by atoms with van der Waals surface area (Å²) in [4.78, 5) is 77.3. The largest absolute Gasteiger partial charge is 0.344 e. The number of amides is 6. The van der Waals surface area contributed by atoms with Crippen molar-refractivity contribution in [1.29, 1.82) is 0 Å². The fourth-order valence-corrected chi connectivity index (χ4v) is 7.02. The highest BCUT2D eigenvalue weighted by molar-refractivity contribution is 5.98. The predicted octanol–water partition coefficient (Wildman–Crippen LogP) is 1.57. The summed E-state index contributed by atoms with van der Waals surface area (Å²) in [6, 6.07) is 19.8. The summed E-state index contributed by atoms with van der Waals surface area (Å²) >= 11 is 0. The minimum atomic E-state index is -0.761. The average molecular weight is 887 g/mol. The van der Waals surface area contributed by atoms with Crippen LogP contribution in [0.4, 0.5) is 17.1 Å². The number of carbonyl (C=O) groups is 6. The van der Waals surface area contributed by atoms with Crippen LogP contribution in [0.1, 0.15) is 99.7 Å². The first-order valence-electron chi connectivity index (χ1n) is 22.3. The number of nitrogens with one attached hydrogen (secondary N) is 6. The summed E-state index contributed by atoms with van der Waals surface area (Å²) < 4.78 is 0. The number of rotatable bonds is 30. The Morgan fingerprint density at radius 3 is 0.828 bits per heavy atom. The zero-order chi connectivity index (χ0) is 46.7. The summed E-state index contributed by atoms with van der Waals surface area (Å²) in [6.45, 7) is 1.91. The highest BCUT2D eigenvalue weighted by Crippen LogP contribution is 2.34. The fourth-order valence-electron chi connectivity index (χ4n) is 7.02. The number of carbonyl (C=O) groups excluding carboxylic acids is 6. The number of anilines is 3. The Bertz CT molecular complexity index is 1680. The summed E-state index contributed by atoms with van der Waals surface area (Å²) in [7, 11) is 0. The first-order valence-corrected chi connectivity index (χ1v) is 22.3. The molecule has 0 aromatic heterocycles. The molecule has 3 atom stereocenters. The SMILES string of the molecule is NCCCC[C@@H](NC(=O)CCN)C(=O)Nc1ccc(C(c2ccc(NC(=O)[C@@H](CCCCN)NC(=O)CCN)cc2)c2ccc(NC(=O)[C@@H](CCCCN)NC(=O)CCN)cc2)cc1. The van der Waals surface area contributed by atoms with E-state index in [0.717, 1.165) is 16.7 Å². The first-order chi connectivity index (χ1) is 31.0. The minimum absolute atomic E-state index is 0.101. The molecule has 0 fully saturated rings. The van der Waals surface area contributed by atoms with E-state index < -0.39 is 18.1 Å². The van der Waals surface area contributed by atoms with Gasteiger partial charge < -0.3 is 66.3 Å². The summed E-state index contributed by atoms with van der Waals surface area (Å²) in [6.07, 6.45) is 5.66. The highest BCUT2D eigenvalue weighted by atomic mass is 16.2. The normalized spacial score (nSPS) is 12.4. The van der Waals surface area contributed by atoms with Gasteiger partial charge in [-0.1, -0.05) is 36.4 Å². The molecular weight excluding hydrogens is 817 g/mol. The van der Waals surface area contributed by atoms with E-state index in [4.69, 9.17) is 34.4 Å². The van der Waals surface area contributed by atoms with Crippen LogP contribution in [-0.2, 0) is 28.8 Å². The zero-order valence-electron chi connectivity index (χ0n) is 36.9. The third-order valence-corrected chi connectivity index (χ3v) is 10.4. The summed E-state index contributed by atoms with van der Waals surface area (Å²) in [5.74, 6) is -2.35. The number of nitrogens with two attached hydrogens (primary N) is 6. The van der Waals surface area contributed by atoms with Crippen LogP contribution >= 0.6 is 0 Å². The molecule has 3 rings (SSSR count). The van der Waals surface area contributed by atoms with Crippen molar-refractivity contribution in [3.05, 3.63) is 89.5 Å². The van der Waals surface area contributed by atoms with Gasteiger partial charge in [-0.2, -0.15) is 0 Å². The van der Waals surface area contributed by atoms with Crippen molar-refractivity contribution in [2.24, 2.45) is 34.4 Å². The molecule has 0 aliphatic heterocycles. The first kappa shape index (κ1) is 52.6. The Kier molecular flexibility index (Phi) is 24.3. The van der Waals surface area contributed by atoms with Crippen molar-refractivity contribution in [1.82, 2.24) is 16.0 Å². The molecule has 0 saturated heterocycles. The number of hydrogen-bond acceptors (Lipinski definition) is 12. The molecular formula is C46H70N12O6. The lowest BCUT2D eigenvalue weighted by molar-refractivity contribution is -0.126. The second-order valence-electron chi connectivity index (χ2n) is 15.6. The minimum Gasteiger partial charge on any atom is -0.344 e. The molecule has 0 unspecified atom stereocenters. The van der Waals surface area contributed by atoms with Crippen LogP contribution in [0.3, 0.4) is 0 Å². The van der Waals surface area contributed by atoms with Gasteiger partial charge in [0.2, 0.25) is 35.4 Å². The second-order valence-corrected chi connectivity index (χ2v) is 15.6. The van der Waals surface area contributed by atoms with Crippen LogP contribution in [-0.4, -0.2) is 92.8 Å². The quantitative estimate of drug-likeness (QED) is 0.0335. The van der Waals surface area contributed by atoms with E-state index in [2.05, 4.69) is 31.9 Å². The number of benzene rings is 3. The van der Waals surface area contributed by atoms with Crippen LogP contribution in [0.2, 0.25) is 0 Å². The maximum Gasteiger partial charge on any atom is 0.246 e. The molecule has 0 spiro atoms. The Morgan fingerprint density at radius 1 is 0.359 bits per heavy atom. The van der Waals surface area contributed by atoms with Gasteiger partial charge in [-0.25, -0.2) is 0 Å². The van der Waals surface area contributed by atoms with Crippen molar-refractivity contribution in [3.8, 4) is 0 Å². The van der Waals surface area contributed by atoms with Gasteiger partial charge in [0.1, 0.15) is 18.1 Å². The topological polar surface area (TPSA) is 331 Å². The van der Waals surface area contributed by atoms with Crippen molar-refractivity contribution in [2.45, 2.75) is 101 Å². The molecule has 0 saturated carbocycles. The molecule has 64 heavy (non-hydrogen) atoms. The highest BCUT2D eigenvalue weighted by Gasteiger charge is 2.24. The summed E-state index contributed by atoms with van der Waals surface area (Å²) in [5.41, 5.74) is 37.9. The van der Waals surface area contributed by atoms with Gasteiger partial charge in [0.25, 0.3) is 0 Å². The van der Waals surface area contributed by atoms with Crippen molar-refractivity contribution >= 4 is 52.5 Å². The van der Waals surface area contributed by atoms with Crippen molar-refractivity contribution in [2.75, 3.05) is 55.2 Å². The second kappa shape index (κ2) is 29.6. The smallest absolute Gasteiger partial charge is 0.246 e. The van der Waals surface area contributed by atoms with E-state index in [9.17, 15) is 28.8 Å². The molecule has 18 N–H and O–H groups in total. The van der Waals surface area contributed by atoms with Gasteiger partial charge in [0.05, 0.1) is 0 Å². The molecule has 0 aliphatic rings. The number of unbranched alkanes of at least 4 members (excludes halogenated alkanes) is 3. The maximum atomic E-state index is 13.4. The van der Waals surface area contributed by atoms with E-state index in [1.54, 1.807) is 36.4 Å². The molecule has 0 bridgehead atoms. The third kappa shape index (κ3) is 18.5. The van der Waals surface area contributed by atoms with E-state index in [1.807, 2.05) is 36.4 Å². The van der Waals surface area contributed by atoms with E-state index in [1.165, 1.54) is 0 Å². The van der Waals surface area contributed by atoms with Crippen molar-refractivity contribution < 1.29 is 28.8 Å². The lowest BCUT2D eigenvalue weighted by atomic mass is 9.85. The monoisotopic (exact) mass is 887 g/mol. The van der Waals surface area contributed by atoms with Crippen molar-refractivity contribution in [3.63, 3.8) is 0 Å². The van der Waals surface area contributed by atoms with Gasteiger partial charge in [0, 0.05) is 61.9 Å². The molecule has 3 aromatic rings. The molecule has 0 radical (unpaired) electrons. The van der Waals surface area contributed by atoms with Gasteiger partial charge in [-0.05, 0) is 131 Å². The predicted molar refractivity (Wildman–Crippen MR) is 252 cm³/mol. The Hall–Kier alpha value is -5.76. The molecule has 18 heteroatoms. The summed E-state index contributed by atoms with van der Waals surface area (Å²) in [5, 5.41) is 17.1. The maximum absolute atomic E-state index is 13.4. The third-order valence-electron chi connectivity index (χ3n) is 10.4. The van der Waals surface area contributed by atoms with E-state index in [0.29, 0.717) is 94.5 Å². The zero-order valence-corrected chi connectivity index (χ0v) is 36.9. The molecule has 6 amide bonds. The lowest BCUT2D eigenvalue weighted by Gasteiger charge is -2.22. The van der Waals surface area contributed by atoms with Gasteiger partial charge in [-0.15, -0.1) is 0 Å². The Labute approximate surface area is 376 Å². The Morgan fingerprint density at radius 2 is 0.609 bits per heavy atom. The fraction of sp³-hybridized carbons (Fsp3) is 0.478. The van der Waals surface area contributed by atoms with Gasteiger partial charge in [0.15, 0.2) is 0 Å². The molecule has 0 heterocycles. The van der Waals surface area contributed by atoms with Crippen LogP contribution in [0, 0.1) is 0 Å².